The second-order valence-corrected chi connectivity index (χ2v) is 15.3. The van der Waals surface area contributed by atoms with Crippen LogP contribution < -0.4 is 0 Å². The normalized spacial score (nSPS) is 15.9. The largest absolute Gasteiger partial charge is 0.475 e. The third kappa shape index (κ3) is 8.74. The summed E-state index contributed by atoms with van der Waals surface area (Å²) in [7, 11) is -4.21. The number of fused-ring (bicyclic) bond motifs is 6. The Balaban J connectivity index is 1.22. The monoisotopic (exact) mass is 714 g/mol. The highest BCUT2D eigenvalue weighted by Gasteiger charge is 2.39. The van der Waals surface area contributed by atoms with Gasteiger partial charge in [-0.1, -0.05) is 166 Å². The zero-order chi connectivity index (χ0) is 36.3. The molecule has 1 N–H and O–H groups in total. The highest BCUT2D eigenvalue weighted by molar-refractivity contribution is 7.48. The molecule has 4 aromatic rings. The average molecular weight is 715 g/mol. The molecule has 6 rings (SSSR count). The first kappa shape index (κ1) is 37.7. The summed E-state index contributed by atoms with van der Waals surface area (Å²) in [6, 6.07) is 33.1. The lowest BCUT2D eigenvalue weighted by molar-refractivity contribution is 0.0212. The molecule has 5 nitrogen and oxygen atoms in total. The molecule has 4 aromatic carbocycles. The Hall–Kier alpha value is -4.09. The molecular formula is C46H51O5P. The van der Waals surface area contributed by atoms with Gasteiger partial charge < -0.3 is 5.11 Å². The molecule has 0 unspecified atom stereocenters. The highest BCUT2D eigenvalue weighted by Crippen LogP contribution is 2.56. The third-order valence-electron chi connectivity index (χ3n) is 10.3. The van der Waals surface area contributed by atoms with E-state index in [1.165, 1.54) is 19.3 Å². The van der Waals surface area contributed by atoms with Crippen molar-refractivity contribution in [3.05, 3.63) is 168 Å². The summed E-state index contributed by atoms with van der Waals surface area (Å²) in [6.45, 7) is 8.25. The summed E-state index contributed by atoms with van der Waals surface area (Å²) >= 11 is 0. The van der Waals surface area contributed by atoms with Gasteiger partial charge in [0.15, 0.2) is 0 Å². The number of benzene rings is 4. The van der Waals surface area contributed by atoms with E-state index in [1.54, 1.807) is 12.2 Å². The van der Waals surface area contributed by atoms with Crippen LogP contribution in [0.1, 0.15) is 80.0 Å². The number of unbranched alkanes of at least 4 members (excludes halogenated alkanes) is 3. The molecule has 3 atom stereocenters. The van der Waals surface area contributed by atoms with Crippen LogP contribution in [0.25, 0.3) is 22.3 Å². The molecule has 2 aliphatic carbocycles. The van der Waals surface area contributed by atoms with Gasteiger partial charge in [-0.2, -0.15) is 0 Å². The molecule has 0 bridgehead atoms. The van der Waals surface area contributed by atoms with Crippen molar-refractivity contribution >= 4 is 7.82 Å². The van der Waals surface area contributed by atoms with E-state index < -0.39 is 25.9 Å². The second-order valence-electron chi connectivity index (χ2n) is 13.7. The van der Waals surface area contributed by atoms with E-state index in [0.29, 0.717) is 6.42 Å². The molecule has 52 heavy (non-hydrogen) atoms. The second kappa shape index (κ2) is 18.1. The van der Waals surface area contributed by atoms with Crippen LogP contribution in [0.15, 0.2) is 146 Å². The number of aliphatic hydroxyl groups excluding tert-OH is 1. The first-order valence-electron chi connectivity index (χ1n) is 18.7. The summed E-state index contributed by atoms with van der Waals surface area (Å²) in [6.07, 6.45) is 16.9. The fraction of sp³-hybridized carbons (Fsp3) is 0.304. The molecule has 6 heteroatoms. The van der Waals surface area contributed by atoms with Crippen molar-refractivity contribution in [2.75, 3.05) is 13.2 Å². The molecule has 0 saturated carbocycles. The van der Waals surface area contributed by atoms with E-state index in [9.17, 15) is 9.67 Å². The van der Waals surface area contributed by atoms with Crippen LogP contribution in [0.4, 0.5) is 0 Å². The van der Waals surface area contributed by atoms with Crippen LogP contribution in [0.3, 0.4) is 0 Å². The van der Waals surface area contributed by atoms with Crippen LogP contribution in [0.2, 0.25) is 0 Å². The van der Waals surface area contributed by atoms with Crippen molar-refractivity contribution < 1.29 is 23.2 Å². The van der Waals surface area contributed by atoms with Gasteiger partial charge >= 0.3 is 7.82 Å². The molecule has 0 aromatic heterocycles. The molecule has 270 valence electrons. The fourth-order valence-corrected chi connectivity index (χ4v) is 8.85. The van der Waals surface area contributed by atoms with Gasteiger partial charge in [0.2, 0.25) is 0 Å². The maximum atomic E-state index is 15.0. The van der Waals surface area contributed by atoms with Crippen LogP contribution in [0, 0.1) is 5.92 Å². The topological polar surface area (TPSA) is 65.0 Å². The standard InChI is InChI=1S/C46H51O5P/c1-4-6-7-8-9-10-11-12-13-31-45(47)34(3)46(22-5-2)51-52(48,49-32-43-39-27-18-14-23-35(39)36-24-15-19-28-40(36)43)50-33-44-41-29-20-16-25-37(41)38-26-17-21-30-42(38)44/h5,9-21,23-31,34,43-47H,2,4,6-8,22,32-33H2,1,3H3/b10-9+,12-11-,31-13-/t34-,45-,46-/m0/s1. The van der Waals surface area contributed by atoms with Gasteiger partial charge in [-0.05, 0) is 63.8 Å². The number of phosphoric ester groups is 1. The van der Waals surface area contributed by atoms with Crippen molar-refractivity contribution in [1.82, 2.24) is 0 Å². The molecule has 0 spiro atoms. The lowest BCUT2D eigenvalue weighted by atomic mass is 9.95. The Bertz CT molecular complexity index is 1750. The molecule has 0 radical (unpaired) electrons. The van der Waals surface area contributed by atoms with Gasteiger partial charge in [0.25, 0.3) is 0 Å². The maximum Gasteiger partial charge on any atom is 0.475 e. The summed E-state index contributed by atoms with van der Waals surface area (Å²) < 4.78 is 34.2. The quantitative estimate of drug-likeness (QED) is 0.0453. The van der Waals surface area contributed by atoms with Crippen molar-refractivity contribution in [1.29, 1.82) is 0 Å². The minimum absolute atomic E-state index is 0.109. The van der Waals surface area contributed by atoms with Crippen molar-refractivity contribution in [2.24, 2.45) is 5.92 Å². The van der Waals surface area contributed by atoms with Crippen molar-refractivity contribution in [3.8, 4) is 22.3 Å². The number of aliphatic hydroxyl groups is 1. The average Bonchev–Trinajstić information content (AvgIpc) is 3.67. The van der Waals surface area contributed by atoms with Crippen LogP contribution in [-0.4, -0.2) is 30.5 Å². The predicted molar refractivity (Wildman–Crippen MR) is 213 cm³/mol. The van der Waals surface area contributed by atoms with Gasteiger partial charge in [-0.3, -0.25) is 13.6 Å². The maximum absolute atomic E-state index is 15.0. The van der Waals surface area contributed by atoms with E-state index in [0.717, 1.165) is 50.9 Å². The van der Waals surface area contributed by atoms with Crippen LogP contribution in [-0.2, 0) is 18.1 Å². The van der Waals surface area contributed by atoms with E-state index in [4.69, 9.17) is 13.6 Å². The summed E-state index contributed by atoms with van der Waals surface area (Å²) in [4.78, 5) is 0. The minimum Gasteiger partial charge on any atom is -0.389 e. The first-order chi connectivity index (χ1) is 25.4. The van der Waals surface area contributed by atoms with Gasteiger partial charge in [-0.15, -0.1) is 6.58 Å². The fourth-order valence-electron chi connectivity index (χ4n) is 7.38. The molecule has 0 amide bonds. The summed E-state index contributed by atoms with van der Waals surface area (Å²) in [5.41, 5.74) is 9.08. The van der Waals surface area contributed by atoms with Crippen molar-refractivity contribution in [3.63, 3.8) is 0 Å². The first-order valence-corrected chi connectivity index (χ1v) is 20.1. The smallest absolute Gasteiger partial charge is 0.389 e. The Morgan fingerprint density at radius 2 is 1.17 bits per heavy atom. The van der Waals surface area contributed by atoms with Gasteiger partial charge in [0.05, 0.1) is 25.4 Å². The highest BCUT2D eigenvalue weighted by atomic mass is 31.2. The SMILES string of the molecule is C=CC[C@H](OP(=O)(OCC1c2ccccc2-c2ccccc21)OCC1c2ccccc2-c2ccccc21)[C@@H](C)[C@@H](O)\C=C/C=C\C=C\CCCCC. The lowest BCUT2D eigenvalue weighted by Crippen LogP contribution is -2.30. The zero-order valence-corrected chi connectivity index (χ0v) is 31.2. The number of allylic oxidation sites excluding steroid dienone is 5. The zero-order valence-electron chi connectivity index (χ0n) is 30.4. The van der Waals surface area contributed by atoms with E-state index in [-0.39, 0.29) is 25.0 Å². The molecule has 0 aliphatic heterocycles. The van der Waals surface area contributed by atoms with Gasteiger partial charge in [-0.25, -0.2) is 4.57 Å². The van der Waals surface area contributed by atoms with Crippen LogP contribution in [0.5, 0.6) is 0 Å². The molecule has 0 saturated heterocycles. The number of hydrogen-bond donors (Lipinski definition) is 1. The summed E-state index contributed by atoms with van der Waals surface area (Å²) in [5, 5.41) is 11.2. The van der Waals surface area contributed by atoms with E-state index in [2.05, 4.69) is 68.1 Å². The molecular weight excluding hydrogens is 663 g/mol. The molecule has 0 heterocycles. The molecule has 2 aliphatic rings. The number of rotatable bonds is 19. The van der Waals surface area contributed by atoms with Gasteiger partial charge in [0.1, 0.15) is 0 Å². The predicted octanol–water partition coefficient (Wildman–Crippen LogP) is 12.0. The lowest BCUT2D eigenvalue weighted by Gasteiger charge is -2.30. The minimum atomic E-state index is -4.21. The Labute approximate surface area is 310 Å². The molecule has 0 fully saturated rings. The third-order valence-corrected chi connectivity index (χ3v) is 11.7. The Morgan fingerprint density at radius 3 is 1.63 bits per heavy atom. The number of hydrogen-bond acceptors (Lipinski definition) is 5. The Morgan fingerprint density at radius 1 is 0.712 bits per heavy atom. The Kier molecular flexibility index (Phi) is 13.1. The summed E-state index contributed by atoms with van der Waals surface area (Å²) in [5.74, 6) is -0.720. The van der Waals surface area contributed by atoms with Crippen LogP contribution >= 0.6 is 7.82 Å². The van der Waals surface area contributed by atoms with Crippen molar-refractivity contribution in [2.45, 2.75) is 70.0 Å². The van der Waals surface area contributed by atoms with E-state index >= 15 is 0 Å². The number of phosphoric acid groups is 1. The van der Waals surface area contributed by atoms with Gasteiger partial charge in [0, 0.05) is 17.8 Å². The van der Waals surface area contributed by atoms with E-state index in [1.807, 2.05) is 79.8 Å².